The standard InChI is InChI=1S/C24H33N3O2/c1-6-27(16-20-11-8-7-9-12-20)23(28)15-25-24(29)21-13-10-14-22(18(21)4)26-19(5)17(2)3/h7-14,17,19,26H,6,15-16H2,1-5H3,(H,25,29)/t19-/m0/s1. The number of hydrogen-bond acceptors (Lipinski definition) is 3. The number of anilines is 1. The van der Waals surface area contributed by atoms with Gasteiger partial charge in [-0.15, -0.1) is 0 Å². The molecule has 0 aliphatic rings. The molecule has 29 heavy (non-hydrogen) atoms. The highest BCUT2D eigenvalue weighted by molar-refractivity contribution is 5.98. The summed E-state index contributed by atoms with van der Waals surface area (Å²) in [7, 11) is 0. The van der Waals surface area contributed by atoms with Crippen molar-refractivity contribution in [3.63, 3.8) is 0 Å². The van der Waals surface area contributed by atoms with Crippen LogP contribution in [0, 0.1) is 12.8 Å². The summed E-state index contributed by atoms with van der Waals surface area (Å²) in [5, 5.41) is 6.25. The van der Waals surface area contributed by atoms with Crippen molar-refractivity contribution in [2.24, 2.45) is 5.92 Å². The first-order valence-electron chi connectivity index (χ1n) is 10.3. The van der Waals surface area contributed by atoms with Gasteiger partial charge in [0.25, 0.3) is 5.91 Å². The molecule has 0 aromatic heterocycles. The molecular formula is C24H33N3O2. The highest BCUT2D eigenvalue weighted by Gasteiger charge is 2.17. The van der Waals surface area contributed by atoms with Gasteiger partial charge in [0.05, 0.1) is 6.54 Å². The number of carbonyl (C=O) groups excluding carboxylic acids is 2. The molecule has 0 spiro atoms. The zero-order valence-electron chi connectivity index (χ0n) is 18.2. The van der Waals surface area contributed by atoms with Crippen molar-refractivity contribution >= 4 is 17.5 Å². The van der Waals surface area contributed by atoms with E-state index in [1.165, 1.54) is 0 Å². The number of hydrogen-bond donors (Lipinski definition) is 2. The second-order valence-electron chi connectivity index (χ2n) is 7.73. The van der Waals surface area contributed by atoms with Gasteiger partial charge in [0.15, 0.2) is 0 Å². The largest absolute Gasteiger partial charge is 0.382 e. The predicted octanol–water partition coefficient (Wildman–Crippen LogP) is 4.23. The second kappa shape index (κ2) is 10.6. The average Bonchev–Trinajstić information content (AvgIpc) is 2.72. The van der Waals surface area contributed by atoms with Crippen LogP contribution in [-0.4, -0.2) is 35.8 Å². The molecule has 0 aliphatic carbocycles. The molecule has 0 heterocycles. The Morgan fingerprint density at radius 2 is 1.69 bits per heavy atom. The average molecular weight is 396 g/mol. The molecule has 2 N–H and O–H groups in total. The number of nitrogens with one attached hydrogen (secondary N) is 2. The zero-order chi connectivity index (χ0) is 21.4. The fourth-order valence-corrected chi connectivity index (χ4v) is 2.99. The normalized spacial score (nSPS) is 11.8. The number of amides is 2. The van der Waals surface area contributed by atoms with Gasteiger partial charge in [-0.2, -0.15) is 0 Å². The van der Waals surface area contributed by atoms with E-state index < -0.39 is 0 Å². The number of likely N-dealkylation sites (N-methyl/N-ethyl adjacent to an activating group) is 1. The van der Waals surface area contributed by atoms with E-state index in [2.05, 4.69) is 31.4 Å². The first kappa shape index (κ1) is 22.5. The van der Waals surface area contributed by atoms with Crippen LogP contribution in [0.25, 0.3) is 0 Å². The van der Waals surface area contributed by atoms with Crippen LogP contribution in [0.15, 0.2) is 48.5 Å². The van der Waals surface area contributed by atoms with Crippen molar-refractivity contribution in [2.45, 2.75) is 47.2 Å². The Hall–Kier alpha value is -2.82. The molecule has 2 amide bonds. The summed E-state index contributed by atoms with van der Waals surface area (Å²) < 4.78 is 0. The Balaban J connectivity index is 2.00. The van der Waals surface area contributed by atoms with Gasteiger partial charge in [-0.25, -0.2) is 0 Å². The maximum Gasteiger partial charge on any atom is 0.252 e. The summed E-state index contributed by atoms with van der Waals surface area (Å²) in [6, 6.07) is 15.8. The molecule has 1 atom stereocenters. The van der Waals surface area contributed by atoms with Crippen LogP contribution < -0.4 is 10.6 Å². The summed E-state index contributed by atoms with van der Waals surface area (Å²) in [6.45, 7) is 11.4. The fraction of sp³-hybridized carbons (Fsp3) is 0.417. The lowest BCUT2D eigenvalue weighted by molar-refractivity contribution is -0.130. The minimum Gasteiger partial charge on any atom is -0.382 e. The lowest BCUT2D eigenvalue weighted by Crippen LogP contribution is -2.40. The van der Waals surface area contributed by atoms with Gasteiger partial charge >= 0.3 is 0 Å². The first-order valence-corrected chi connectivity index (χ1v) is 10.3. The summed E-state index contributed by atoms with van der Waals surface area (Å²) in [6.07, 6.45) is 0. The number of nitrogens with zero attached hydrogens (tertiary/aromatic N) is 1. The van der Waals surface area contributed by atoms with Gasteiger partial charge in [0, 0.05) is 30.4 Å². The van der Waals surface area contributed by atoms with Gasteiger partial charge in [-0.05, 0) is 49.9 Å². The SMILES string of the molecule is CCN(Cc1ccccc1)C(=O)CNC(=O)c1cccc(N[C@@H](C)C(C)C)c1C. The van der Waals surface area contributed by atoms with Crippen LogP contribution in [0.2, 0.25) is 0 Å². The lowest BCUT2D eigenvalue weighted by atomic mass is 10.0. The molecule has 0 fully saturated rings. The summed E-state index contributed by atoms with van der Waals surface area (Å²) in [5.74, 6) is 0.159. The van der Waals surface area contributed by atoms with E-state index in [1.807, 2.05) is 56.3 Å². The third kappa shape index (κ3) is 6.34. The van der Waals surface area contributed by atoms with Crippen LogP contribution in [-0.2, 0) is 11.3 Å². The van der Waals surface area contributed by atoms with Gasteiger partial charge in [-0.3, -0.25) is 9.59 Å². The molecule has 156 valence electrons. The Labute approximate surface area is 174 Å². The van der Waals surface area contributed by atoms with Crippen LogP contribution >= 0.6 is 0 Å². The molecule has 5 heteroatoms. The molecule has 0 radical (unpaired) electrons. The van der Waals surface area contributed by atoms with E-state index in [1.54, 1.807) is 11.0 Å². The van der Waals surface area contributed by atoms with E-state index >= 15 is 0 Å². The molecule has 2 aromatic rings. The topological polar surface area (TPSA) is 61.4 Å². The van der Waals surface area contributed by atoms with Crippen LogP contribution in [0.4, 0.5) is 5.69 Å². The molecule has 0 bridgehead atoms. The van der Waals surface area contributed by atoms with E-state index in [9.17, 15) is 9.59 Å². The molecule has 0 saturated heterocycles. The number of rotatable bonds is 9. The van der Waals surface area contributed by atoms with Crippen LogP contribution in [0.3, 0.4) is 0 Å². The van der Waals surface area contributed by atoms with E-state index in [0.29, 0.717) is 30.6 Å². The summed E-state index contributed by atoms with van der Waals surface area (Å²) >= 11 is 0. The van der Waals surface area contributed by atoms with Crippen molar-refractivity contribution in [2.75, 3.05) is 18.4 Å². The monoisotopic (exact) mass is 395 g/mol. The number of benzene rings is 2. The molecule has 0 saturated carbocycles. The molecule has 0 aliphatic heterocycles. The lowest BCUT2D eigenvalue weighted by Gasteiger charge is -2.22. The van der Waals surface area contributed by atoms with Gasteiger partial charge in [0.2, 0.25) is 5.91 Å². The van der Waals surface area contributed by atoms with Crippen molar-refractivity contribution in [3.05, 3.63) is 65.2 Å². The predicted molar refractivity (Wildman–Crippen MR) is 119 cm³/mol. The highest BCUT2D eigenvalue weighted by Crippen LogP contribution is 2.21. The maximum atomic E-state index is 12.7. The third-order valence-electron chi connectivity index (χ3n) is 5.31. The quantitative estimate of drug-likeness (QED) is 0.668. The third-order valence-corrected chi connectivity index (χ3v) is 5.31. The minimum absolute atomic E-state index is 0.0149. The fourth-order valence-electron chi connectivity index (χ4n) is 2.99. The summed E-state index contributed by atoms with van der Waals surface area (Å²) in [4.78, 5) is 27.0. The first-order chi connectivity index (χ1) is 13.8. The molecule has 5 nitrogen and oxygen atoms in total. The van der Waals surface area contributed by atoms with Crippen molar-refractivity contribution in [3.8, 4) is 0 Å². The minimum atomic E-state index is -0.229. The van der Waals surface area contributed by atoms with Crippen LogP contribution in [0.5, 0.6) is 0 Å². The highest BCUT2D eigenvalue weighted by atomic mass is 16.2. The molecule has 2 aromatic carbocycles. The van der Waals surface area contributed by atoms with E-state index in [4.69, 9.17) is 0 Å². The second-order valence-corrected chi connectivity index (χ2v) is 7.73. The zero-order valence-corrected chi connectivity index (χ0v) is 18.2. The molecule has 2 rings (SSSR count). The Morgan fingerprint density at radius 3 is 2.31 bits per heavy atom. The van der Waals surface area contributed by atoms with Crippen molar-refractivity contribution in [1.82, 2.24) is 10.2 Å². The van der Waals surface area contributed by atoms with Gasteiger partial charge < -0.3 is 15.5 Å². The smallest absolute Gasteiger partial charge is 0.252 e. The Morgan fingerprint density at radius 1 is 1.00 bits per heavy atom. The Kier molecular flexibility index (Phi) is 8.25. The van der Waals surface area contributed by atoms with Gasteiger partial charge in [-0.1, -0.05) is 50.2 Å². The van der Waals surface area contributed by atoms with Crippen molar-refractivity contribution in [1.29, 1.82) is 0 Å². The number of carbonyl (C=O) groups is 2. The van der Waals surface area contributed by atoms with Crippen molar-refractivity contribution < 1.29 is 9.59 Å². The molecule has 0 unspecified atom stereocenters. The van der Waals surface area contributed by atoms with Gasteiger partial charge in [0.1, 0.15) is 0 Å². The molecular weight excluding hydrogens is 362 g/mol. The summed E-state index contributed by atoms with van der Waals surface area (Å²) in [5.41, 5.74) is 3.50. The Bertz CT molecular complexity index is 818. The maximum absolute atomic E-state index is 12.7. The van der Waals surface area contributed by atoms with E-state index in [0.717, 1.165) is 16.8 Å². The van der Waals surface area contributed by atoms with E-state index in [-0.39, 0.29) is 18.4 Å². The van der Waals surface area contributed by atoms with Crippen LogP contribution in [0.1, 0.15) is 49.2 Å².